The molecule has 0 aliphatic rings. The van der Waals surface area contributed by atoms with Crippen LogP contribution in [0.5, 0.6) is 0 Å². The number of para-hydroxylation sites is 1. The van der Waals surface area contributed by atoms with Crippen molar-refractivity contribution in [2.45, 2.75) is 19.9 Å². The molecular formula is C19H17ClN6O. The Morgan fingerprint density at radius 3 is 2.74 bits per heavy atom. The summed E-state index contributed by atoms with van der Waals surface area (Å²) in [5, 5.41) is 18.5. The molecule has 0 radical (unpaired) electrons. The van der Waals surface area contributed by atoms with Crippen LogP contribution < -0.4 is 5.32 Å². The van der Waals surface area contributed by atoms with Gasteiger partial charge in [-0.05, 0) is 49.4 Å². The van der Waals surface area contributed by atoms with Gasteiger partial charge in [0.2, 0.25) is 5.82 Å². The molecule has 8 heteroatoms. The maximum atomic E-state index is 13.1. The summed E-state index contributed by atoms with van der Waals surface area (Å²) < 4.78 is 2.02. The second-order valence-corrected chi connectivity index (χ2v) is 6.87. The lowest BCUT2D eigenvalue weighted by atomic mass is 10.1. The van der Waals surface area contributed by atoms with Crippen molar-refractivity contribution in [3.63, 3.8) is 0 Å². The minimum atomic E-state index is -0.216. The average molecular weight is 381 g/mol. The van der Waals surface area contributed by atoms with Crippen LogP contribution in [0.15, 0.2) is 48.5 Å². The van der Waals surface area contributed by atoms with E-state index in [1.807, 2.05) is 34.9 Å². The number of hydrogen-bond acceptors (Lipinski definition) is 4. The van der Waals surface area contributed by atoms with Crippen molar-refractivity contribution >= 4 is 34.1 Å². The van der Waals surface area contributed by atoms with Gasteiger partial charge in [-0.3, -0.25) is 4.79 Å². The summed E-state index contributed by atoms with van der Waals surface area (Å²) in [6.45, 7) is 4.10. The molecule has 2 heterocycles. The zero-order valence-corrected chi connectivity index (χ0v) is 15.5. The lowest BCUT2D eigenvalue weighted by Gasteiger charge is -2.15. The predicted octanol–water partition coefficient (Wildman–Crippen LogP) is 4.31. The number of aromatic nitrogens is 5. The maximum absolute atomic E-state index is 13.1. The van der Waals surface area contributed by atoms with E-state index in [0.717, 1.165) is 10.9 Å². The van der Waals surface area contributed by atoms with E-state index in [9.17, 15) is 4.79 Å². The first-order chi connectivity index (χ1) is 13.0. The Labute approximate surface area is 160 Å². The number of nitrogens with zero attached hydrogens (tertiary/aromatic N) is 4. The van der Waals surface area contributed by atoms with Crippen LogP contribution >= 0.6 is 11.6 Å². The average Bonchev–Trinajstić information content (AvgIpc) is 3.30. The molecule has 2 N–H and O–H groups in total. The van der Waals surface area contributed by atoms with Gasteiger partial charge in [0, 0.05) is 27.5 Å². The molecule has 1 amide bonds. The number of rotatable bonds is 4. The van der Waals surface area contributed by atoms with Gasteiger partial charge < -0.3 is 9.88 Å². The first kappa shape index (κ1) is 17.2. The molecule has 0 bridgehead atoms. The number of H-pyrrole nitrogens is 1. The van der Waals surface area contributed by atoms with E-state index in [-0.39, 0.29) is 11.9 Å². The molecule has 136 valence electrons. The van der Waals surface area contributed by atoms with Crippen LogP contribution in [-0.2, 0) is 0 Å². The standard InChI is InChI=1S/C19H17ClN6O/c1-11(2)26-16-6-4-3-5-12(16)9-17(26)19(27)21-15-8-7-13(20)10-14(15)18-22-24-25-23-18/h3-11H,1-2H3,(H,21,27)(H,22,23,24,25). The highest BCUT2D eigenvalue weighted by Gasteiger charge is 2.19. The monoisotopic (exact) mass is 380 g/mol. The van der Waals surface area contributed by atoms with Crippen LogP contribution in [-0.4, -0.2) is 31.1 Å². The third-order valence-electron chi connectivity index (χ3n) is 4.31. The van der Waals surface area contributed by atoms with Crippen LogP contribution in [0.2, 0.25) is 5.02 Å². The molecule has 0 aliphatic carbocycles. The van der Waals surface area contributed by atoms with Gasteiger partial charge in [0.15, 0.2) is 0 Å². The van der Waals surface area contributed by atoms with E-state index < -0.39 is 0 Å². The van der Waals surface area contributed by atoms with Crippen molar-refractivity contribution in [3.8, 4) is 11.4 Å². The smallest absolute Gasteiger partial charge is 0.272 e. The molecule has 4 rings (SSSR count). The number of aromatic amines is 1. The molecule has 0 saturated heterocycles. The number of benzene rings is 2. The highest BCUT2D eigenvalue weighted by molar-refractivity contribution is 6.31. The van der Waals surface area contributed by atoms with Crippen molar-refractivity contribution in [2.75, 3.05) is 5.32 Å². The largest absolute Gasteiger partial charge is 0.334 e. The fraction of sp³-hybridized carbons (Fsp3) is 0.158. The third-order valence-corrected chi connectivity index (χ3v) is 4.55. The Kier molecular flexibility index (Phi) is 4.37. The molecule has 2 aromatic carbocycles. The van der Waals surface area contributed by atoms with E-state index >= 15 is 0 Å². The fourth-order valence-electron chi connectivity index (χ4n) is 3.18. The topological polar surface area (TPSA) is 88.5 Å². The molecule has 2 aromatic heterocycles. The fourth-order valence-corrected chi connectivity index (χ4v) is 3.35. The molecule has 4 aromatic rings. The van der Waals surface area contributed by atoms with E-state index in [1.54, 1.807) is 18.2 Å². The highest BCUT2D eigenvalue weighted by Crippen LogP contribution is 2.30. The van der Waals surface area contributed by atoms with Crippen LogP contribution in [0.1, 0.15) is 30.4 Å². The van der Waals surface area contributed by atoms with Gasteiger partial charge in [-0.25, -0.2) is 0 Å². The number of hydrogen-bond donors (Lipinski definition) is 2. The van der Waals surface area contributed by atoms with Crippen LogP contribution in [0.4, 0.5) is 5.69 Å². The van der Waals surface area contributed by atoms with Crippen molar-refractivity contribution in [2.24, 2.45) is 0 Å². The number of carbonyl (C=O) groups excluding carboxylic acids is 1. The lowest BCUT2D eigenvalue weighted by molar-refractivity contribution is 0.101. The number of carbonyl (C=O) groups is 1. The normalized spacial score (nSPS) is 11.3. The summed E-state index contributed by atoms with van der Waals surface area (Å²) in [5.74, 6) is 0.143. The van der Waals surface area contributed by atoms with Crippen LogP contribution in [0, 0.1) is 0 Å². The number of anilines is 1. The quantitative estimate of drug-likeness (QED) is 0.552. The molecule has 0 spiro atoms. The van der Waals surface area contributed by atoms with Gasteiger partial charge in [0.05, 0.1) is 5.69 Å². The summed E-state index contributed by atoms with van der Waals surface area (Å²) >= 11 is 6.10. The van der Waals surface area contributed by atoms with Crippen molar-refractivity contribution in [1.29, 1.82) is 0 Å². The zero-order chi connectivity index (χ0) is 19.0. The first-order valence-corrected chi connectivity index (χ1v) is 8.87. The van der Waals surface area contributed by atoms with E-state index in [1.165, 1.54) is 0 Å². The third kappa shape index (κ3) is 3.17. The maximum Gasteiger partial charge on any atom is 0.272 e. The van der Waals surface area contributed by atoms with Gasteiger partial charge in [-0.15, -0.1) is 10.2 Å². The van der Waals surface area contributed by atoms with E-state index in [2.05, 4.69) is 39.8 Å². The minimum absolute atomic E-state index is 0.132. The van der Waals surface area contributed by atoms with Crippen molar-refractivity contribution in [3.05, 3.63) is 59.2 Å². The Morgan fingerprint density at radius 2 is 2.00 bits per heavy atom. The van der Waals surface area contributed by atoms with E-state index in [4.69, 9.17) is 11.6 Å². The predicted molar refractivity (Wildman–Crippen MR) is 105 cm³/mol. The Bertz CT molecular complexity index is 1120. The molecule has 0 atom stereocenters. The molecule has 0 unspecified atom stereocenters. The Balaban J connectivity index is 1.76. The Morgan fingerprint density at radius 1 is 1.19 bits per heavy atom. The molecular weight excluding hydrogens is 364 g/mol. The number of halogens is 1. The van der Waals surface area contributed by atoms with Gasteiger partial charge in [-0.1, -0.05) is 29.8 Å². The second-order valence-electron chi connectivity index (χ2n) is 6.43. The van der Waals surface area contributed by atoms with Crippen LogP contribution in [0.3, 0.4) is 0 Å². The van der Waals surface area contributed by atoms with Gasteiger partial charge in [0.25, 0.3) is 5.91 Å². The Hall–Kier alpha value is -3.19. The van der Waals surface area contributed by atoms with Gasteiger partial charge >= 0.3 is 0 Å². The summed E-state index contributed by atoms with van der Waals surface area (Å²) in [4.78, 5) is 13.1. The number of tetrazole rings is 1. The van der Waals surface area contributed by atoms with Crippen molar-refractivity contribution < 1.29 is 4.79 Å². The second kappa shape index (κ2) is 6.85. The molecule has 0 saturated carbocycles. The molecule has 0 fully saturated rings. The number of fused-ring (bicyclic) bond motifs is 1. The summed E-state index contributed by atoms with van der Waals surface area (Å²) in [6, 6.07) is 15.1. The van der Waals surface area contributed by atoms with Crippen molar-refractivity contribution in [1.82, 2.24) is 25.2 Å². The summed E-state index contributed by atoms with van der Waals surface area (Å²) in [6.07, 6.45) is 0. The molecule has 7 nitrogen and oxygen atoms in total. The van der Waals surface area contributed by atoms with Crippen LogP contribution in [0.25, 0.3) is 22.3 Å². The summed E-state index contributed by atoms with van der Waals surface area (Å²) in [5.41, 5.74) is 2.76. The first-order valence-electron chi connectivity index (χ1n) is 8.49. The SMILES string of the molecule is CC(C)n1c(C(=O)Nc2ccc(Cl)cc2-c2nn[nH]n2)cc2ccccc21. The van der Waals surface area contributed by atoms with E-state index in [0.29, 0.717) is 27.8 Å². The number of nitrogens with one attached hydrogen (secondary N) is 2. The summed E-state index contributed by atoms with van der Waals surface area (Å²) in [7, 11) is 0. The highest BCUT2D eigenvalue weighted by atomic mass is 35.5. The molecule has 27 heavy (non-hydrogen) atoms. The number of amides is 1. The minimum Gasteiger partial charge on any atom is -0.334 e. The van der Waals surface area contributed by atoms with Gasteiger partial charge in [0.1, 0.15) is 5.69 Å². The zero-order valence-electron chi connectivity index (χ0n) is 14.8. The van der Waals surface area contributed by atoms with Gasteiger partial charge in [-0.2, -0.15) is 5.21 Å². The lowest BCUT2D eigenvalue weighted by Crippen LogP contribution is -2.18. The molecule has 0 aliphatic heterocycles.